The summed E-state index contributed by atoms with van der Waals surface area (Å²) in [6.07, 6.45) is 20.5. The van der Waals surface area contributed by atoms with Crippen LogP contribution >= 0.6 is 0 Å². The first-order chi connectivity index (χ1) is 16.3. The van der Waals surface area contributed by atoms with E-state index in [0.717, 1.165) is 37.5 Å². The molecular weight excluding hydrogens is 687 g/mol. The molecule has 0 aliphatic heterocycles. The van der Waals surface area contributed by atoms with Crippen LogP contribution in [0.2, 0.25) is 0 Å². The normalized spacial score (nSPS) is 18.6. The van der Waals surface area contributed by atoms with Gasteiger partial charge < -0.3 is 41.5 Å². The van der Waals surface area contributed by atoms with E-state index < -0.39 is 0 Å². The van der Waals surface area contributed by atoms with Crippen molar-refractivity contribution in [2.24, 2.45) is 28.1 Å². The standard InChI is InChI=1S/C9H16.2C8H14.2C4H10.C2H6.3Y/c1-3-9(4-2)7-5-6-8-9;1-3-8(2)6-4-5-7-8;1-3-5-8(2)6-4-7-8;2*1-4(2)3;1-2;;;/h1-8H2;2*1-7H2;2*4H,1-3H3;1-2H3;;;/q3*-2;;;;;;. The minimum absolute atomic E-state index is 0. The summed E-state index contributed by atoms with van der Waals surface area (Å²) in [5.74, 6) is 1.67. The third-order valence-electron chi connectivity index (χ3n) is 7.04. The molecule has 0 aromatic heterocycles. The quantitative estimate of drug-likeness (QED) is 0.245. The summed E-state index contributed by atoms with van der Waals surface area (Å²) in [6, 6.07) is 0. The zero-order chi connectivity index (χ0) is 28.0. The van der Waals surface area contributed by atoms with Gasteiger partial charge in [-0.25, -0.2) is 6.42 Å². The van der Waals surface area contributed by atoms with Crippen LogP contribution in [0.25, 0.3) is 0 Å². The van der Waals surface area contributed by atoms with Gasteiger partial charge in [0.2, 0.25) is 0 Å². The van der Waals surface area contributed by atoms with E-state index in [-0.39, 0.29) is 98.1 Å². The fourth-order valence-corrected chi connectivity index (χ4v) is 4.43. The first-order valence-electron chi connectivity index (χ1n) is 15.2. The molecule has 3 radical (unpaired) electrons. The van der Waals surface area contributed by atoms with Crippen LogP contribution in [0.4, 0.5) is 0 Å². The van der Waals surface area contributed by atoms with Gasteiger partial charge in [-0.15, -0.1) is 6.42 Å². The Morgan fingerprint density at radius 3 is 0.921 bits per heavy atom. The van der Waals surface area contributed by atoms with Crippen molar-refractivity contribution in [3.63, 3.8) is 0 Å². The van der Waals surface area contributed by atoms with Crippen LogP contribution < -0.4 is 0 Å². The molecule has 0 amide bonds. The minimum atomic E-state index is 0. The van der Waals surface area contributed by atoms with Crippen LogP contribution in [0.5, 0.6) is 0 Å². The Labute approximate surface area is 321 Å². The Kier molecular flexibility index (Phi) is 47.1. The van der Waals surface area contributed by atoms with Crippen molar-refractivity contribution in [3.8, 4) is 0 Å². The maximum Gasteiger partial charge on any atom is 0 e. The predicted octanol–water partition coefficient (Wildman–Crippen LogP) is 12.5. The molecule has 0 atom stereocenters. The molecule has 3 saturated carbocycles. The third kappa shape index (κ3) is 32.2. The Morgan fingerprint density at radius 2 is 0.789 bits per heavy atom. The van der Waals surface area contributed by atoms with E-state index >= 15 is 0 Å². The van der Waals surface area contributed by atoms with Crippen molar-refractivity contribution in [1.82, 2.24) is 0 Å². The molecule has 3 heteroatoms. The number of hydrogen-bond donors (Lipinski definition) is 0. The minimum Gasteiger partial charge on any atom is -0.345 e. The average molecular weight is 758 g/mol. The second-order valence-electron chi connectivity index (χ2n) is 12.6. The van der Waals surface area contributed by atoms with Gasteiger partial charge in [0, 0.05) is 98.1 Å². The smallest absolute Gasteiger partial charge is 0 e. The van der Waals surface area contributed by atoms with Crippen molar-refractivity contribution in [2.45, 2.75) is 158 Å². The summed E-state index contributed by atoms with van der Waals surface area (Å²) in [6.45, 7) is 40.9. The number of rotatable bonds is 5. The van der Waals surface area contributed by atoms with E-state index in [1.54, 1.807) is 0 Å². The largest absolute Gasteiger partial charge is 0.345 e. The fraction of sp³-hybridized carbons (Fsp3) is 0.829. The summed E-state index contributed by atoms with van der Waals surface area (Å²) >= 11 is 0. The van der Waals surface area contributed by atoms with E-state index in [2.05, 4.69) is 83.1 Å². The molecule has 38 heavy (non-hydrogen) atoms. The van der Waals surface area contributed by atoms with Crippen LogP contribution in [0, 0.1) is 69.6 Å². The SMILES string of the molecule is CC.CC(C)C.CC(C)C.[CH2-]CC1(C[CH2-])CCCC1.[CH2-]CC1([CH2-])CCCC1.[CH2-]CCC1([CH2-])CCC1.[Y].[Y].[Y]. The van der Waals surface area contributed by atoms with Crippen LogP contribution in [0.3, 0.4) is 0 Å². The summed E-state index contributed by atoms with van der Waals surface area (Å²) < 4.78 is 0. The van der Waals surface area contributed by atoms with Gasteiger partial charge in [0.05, 0.1) is 0 Å². The van der Waals surface area contributed by atoms with E-state index in [1.807, 2.05) is 13.8 Å². The molecule has 0 aromatic carbocycles. The summed E-state index contributed by atoms with van der Waals surface area (Å²) in [4.78, 5) is 0. The second kappa shape index (κ2) is 33.2. The van der Waals surface area contributed by atoms with Crippen molar-refractivity contribution < 1.29 is 98.1 Å². The van der Waals surface area contributed by atoms with Gasteiger partial charge in [0.25, 0.3) is 0 Å². The van der Waals surface area contributed by atoms with Crippen LogP contribution in [0.1, 0.15) is 158 Å². The fourth-order valence-electron chi connectivity index (χ4n) is 4.43. The van der Waals surface area contributed by atoms with Crippen molar-refractivity contribution >= 4 is 0 Å². The van der Waals surface area contributed by atoms with Gasteiger partial charge >= 0.3 is 0 Å². The third-order valence-corrected chi connectivity index (χ3v) is 7.04. The molecule has 3 rings (SSSR count). The summed E-state index contributed by atoms with van der Waals surface area (Å²) in [5.41, 5.74) is 1.39. The van der Waals surface area contributed by atoms with Crippen molar-refractivity contribution in [1.29, 1.82) is 0 Å². The van der Waals surface area contributed by atoms with Crippen LogP contribution in [0.15, 0.2) is 0 Å². The molecule has 0 bridgehead atoms. The zero-order valence-electron chi connectivity index (χ0n) is 27.9. The summed E-state index contributed by atoms with van der Waals surface area (Å²) in [7, 11) is 0. The molecule has 0 aromatic rings. The van der Waals surface area contributed by atoms with Gasteiger partial charge in [-0.3, -0.25) is 0 Å². The Morgan fingerprint density at radius 1 is 0.500 bits per heavy atom. The molecule has 0 nitrogen and oxygen atoms in total. The first-order valence-corrected chi connectivity index (χ1v) is 15.2. The van der Waals surface area contributed by atoms with Crippen molar-refractivity contribution in [2.75, 3.05) is 0 Å². The van der Waals surface area contributed by atoms with Gasteiger partial charge in [-0.1, -0.05) is 131 Å². The van der Waals surface area contributed by atoms with E-state index in [9.17, 15) is 0 Å². The van der Waals surface area contributed by atoms with Gasteiger partial charge in [-0.05, 0) is 11.8 Å². The molecule has 3 fully saturated rings. The molecular formula is C35H70Y3-6. The van der Waals surface area contributed by atoms with Crippen LogP contribution in [-0.4, -0.2) is 0 Å². The topological polar surface area (TPSA) is 0 Å². The van der Waals surface area contributed by atoms with E-state index in [0.29, 0.717) is 16.2 Å². The number of hydrogen-bond acceptors (Lipinski definition) is 0. The van der Waals surface area contributed by atoms with E-state index in [1.165, 1.54) is 77.0 Å². The zero-order valence-corrected chi connectivity index (χ0v) is 36.5. The molecule has 0 spiro atoms. The molecule has 225 valence electrons. The Hall–Kier alpha value is 3.31. The molecule has 0 N–H and O–H groups in total. The molecule has 0 unspecified atom stereocenters. The van der Waals surface area contributed by atoms with Gasteiger partial charge in [0.1, 0.15) is 0 Å². The monoisotopic (exact) mass is 757 g/mol. The first kappa shape index (κ1) is 53.8. The second-order valence-corrected chi connectivity index (χ2v) is 12.6. The van der Waals surface area contributed by atoms with Gasteiger partial charge in [0.15, 0.2) is 0 Å². The molecule has 0 saturated heterocycles. The summed E-state index contributed by atoms with van der Waals surface area (Å²) in [5, 5.41) is 0. The van der Waals surface area contributed by atoms with Crippen LogP contribution in [-0.2, 0) is 98.1 Å². The predicted molar refractivity (Wildman–Crippen MR) is 166 cm³/mol. The maximum atomic E-state index is 4.12. The maximum absolute atomic E-state index is 4.12. The van der Waals surface area contributed by atoms with Gasteiger partial charge in [-0.2, -0.15) is 30.1 Å². The van der Waals surface area contributed by atoms with Crippen molar-refractivity contribution in [3.05, 3.63) is 41.5 Å². The molecule has 3 aliphatic carbocycles. The molecule has 3 aliphatic rings. The Balaban J connectivity index is -0.0000000838. The average Bonchev–Trinajstić information content (AvgIpc) is 3.45. The Bertz CT molecular complexity index is 397. The van der Waals surface area contributed by atoms with E-state index in [4.69, 9.17) is 0 Å². The molecule has 0 heterocycles.